The van der Waals surface area contributed by atoms with Gasteiger partial charge in [0, 0.05) is 11.6 Å². The van der Waals surface area contributed by atoms with Crippen LogP contribution in [0.3, 0.4) is 0 Å². The lowest BCUT2D eigenvalue weighted by atomic mass is 10.0. The molecule has 1 aromatic heterocycles. The van der Waals surface area contributed by atoms with Crippen molar-refractivity contribution in [3.05, 3.63) is 62.9 Å². The summed E-state index contributed by atoms with van der Waals surface area (Å²) in [6.45, 7) is 0.510. The third-order valence-corrected chi connectivity index (χ3v) is 3.85. The van der Waals surface area contributed by atoms with Gasteiger partial charge in [0.2, 0.25) is 0 Å². The standard InChI is InChI=1S/C15H13ClN2O5/c16-10-3-1-9(2-4-10)14-11(7-8-22-14)17-15(19)12-5-6-13(23-12)18(20)21/h1-6,11,14H,7-8H2,(H,17,19). The van der Waals surface area contributed by atoms with E-state index in [1.165, 1.54) is 6.07 Å². The molecule has 8 heteroatoms. The van der Waals surface area contributed by atoms with Gasteiger partial charge < -0.3 is 14.5 Å². The van der Waals surface area contributed by atoms with Crippen molar-refractivity contribution in [3.63, 3.8) is 0 Å². The number of hydrogen-bond acceptors (Lipinski definition) is 5. The molecule has 1 aliphatic rings. The second-order valence-corrected chi connectivity index (χ2v) is 5.54. The lowest BCUT2D eigenvalue weighted by Gasteiger charge is -2.19. The average molecular weight is 337 g/mol. The average Bonchev–Trinajstić information content (AvgIpc) is 3.17. The minimum atomic E-state index is -0.689. The van der Waals surface area contributed by atoms with Crippen LogP contribution in [0.15, 0.2) is 40.8 Å². The van der Waals surface area contributed by atoms with Crippen LogP contribution in [0.25, 0.3) is 0 Å². The number of carbonyl (C=O) groups excluding carboxylic acids is 1. The van der Waals surface area contributed by atoms with Gasteiger partial charge in [-0.3, -0.25) is 14.9 Å². The summed E-state index contributed by atoms with van der Waals surface area (Å²) < 4.78 is 10.6. The molecule has 2 aromatic rings. The zero-order valence-corrected chi connectivity index (χ0v) is 12.7. The molecule has 1 amide bonds. The Morgan fingerprint density at radius 2 is 2.00 bits per heavy atom. The summed E-state index contributed by atoms with van der Waals surface area (Å²) in [4.78, 5) is 22.1. The first-order valence-electron chi connectivity index (χ1n) is 6.97. The number of furan rings is 1. The largest absolute Gasteiger partial charge is 0.433 e. The monoisotopic (exact) mass is 336 g/mol. The highest BCUT2D eigenvalue weighted by molar-refractivity contribution is 6.30. The van der Waals surface area contributed by atoms with Gasteiger partial charge in [-0.05, 0) is 30.2 Å². The molecular weight excluding hydrogens is 324 g/mol. The van der Waals surface area contributed by atoms with Crippen LogP contribution in [0.5, 0.6) is 0 Å². The smallest absolute Gasteiger partial charge is 0.395 e. The van der Waals surface area contributed by atoms with Crippen LogP contribution in [0.2, 0.25) is 5.02 Å². The maximum atomic E-state index is 12.2. The van der Waals surface area contributed by atoms with Gasteiger partial charge in [0.25, 0.3) is 5.91 Å². The van der Waals surface area contributed by atoms with Crippen LogP contribution in [-0.2, 0) is 4.74 Å². The number of rotatable bonds is 4. The molecule has 1 fully saturated rings. The summed E-state index contributed by atoms with van der Waals surface area (Å²) in [5.41, 5.74) is 0.905. The molecule has 0 spiro atoms. The van der Waals surface area contributed by atoms with Crippen LogP contribution < -0.4 is 5.32 Å². The number of nitrogens with one attached hydrogen (secondary N) is 1. The topological polar surface area (TPSA) is 94.6 Å². The summed E-state index contributed by atoms with van der Waals surface area (Å²) >= 11 is 5.87. The fourth-order valence-corrected chi connectivity index (χ4v) is 2.63. The van der Waals surface area contributed by atoms with Crippen LogP contribution in [0, 0.1) is 10.1 Å². The summed E-state index contributed by atoms with van der Waals surface area (Å²) in [7, 11) is 0. The third-order valence-electron chi connectivity index (χ3n) is 3.60. The number of nitrogens with zero attached hydrogens (tertiary/aromatic N) is 1. The number of hydrogen-bond donors (Lipinski definition) is 1. The third kappa shape index (κ3) is 3.35. The molecule has 0 bridgehead atoms. The minimum Gasteiger partial charge on any atom is -0.395 e. The molecule has 3 rings (SSSR count). The first-order valence-corrected chi connectivity index (χ1v) is 7.34. The van der Waals surface area contributed by atoms with Crippen molar-refractivity contribution < 1.29 is 18.9 Å². The molecule has 0 radical (unpaired) electrons. The van der Waals surface area contributed by atoms with Crippen molar-refractivity contribution in [1.82, 2.24) is 5.32 Å². The van der Waals surface area contributed by atoms with Gasteiger partial charge in [-0.2, -0.15) is 0 Å². The lowest BCUT2D eigenvalue weighted by molar-refractivity contribution is -0.402. The molecule has 1 aromatic carbocycles. The Morgan fingerprint density at radius 3 is 2.65 bits per heavy atom. The second-order valence-electron chi connectivity index (χ2n) is 5.11. The van der Waals surface area contributed by atoms with E-state index in [0.717, 1.165) is 11.6 Å². The molecule has 0 aliphatic carbocycles. The fraction of sp³-hybridized carbons (Fsp3) is 0.267. The van der Waals surface area contributed by atoms with E-state index in [1.54, 1.807) is 12.1 Å². The Labute approximate surface area is 136 Å². The molecule has 0 saturated carbocycles. The molecule has 2 atom stereocenters. The van der Waals surface area contributed by atoms with Gasteiger partial charge in [-0.25, -0.2) is 0 Å². The van der Waals surface area contributed by atoms with E-state index in [1.807, 2.05) is 12.1 Å². The van der Waals surface area contributed by atoms with Crippen LogP contribution in [-0.4, -0.2) is 23.5 Å². The van der Waals surface area contributed by atoms with Gasteiger partial charge in [0.1, 0.15) is 11.0 Å². The van der Waals surface area contributed by atoms with E-state index in [-0.39, 0.29) is 17.9 Å². The molecule has 23 heavy (non-hydrogen) atoms. The molecular formula is C15H13ClN2O5. The number of amides is 1. The van der Waals surface area contributed by atoms with Crippen LogP contribution >= 0.6 is 11.6 Å². The molecule has 1 N–H and O–H groups in total. The molecule has 120 valence electrons. The molecule has 1 saturated heterocycles. The summed E-state index contributed by atoms with van der Waals surface area (Å²) in [6, 6.07) is 9.38. The van der Waals surface area contributed by atoms with Gasteiger partial charge in [0.15, 0.2) is 5.76 Å². The molecule has 7 nitrogen and oxygen atoms in total. The van der Waals surface area contributed by atoms with E-state index < -0.39 is 16.7 Å². The highest BCUT2D eigenvalue weighted by Crippen LogP contribution is 2.30. The van der Waals surface area contributed by atoms with Crippen molar-refractivity contribution >= 4 is 23.4 Å². The maximum Gasteiger partial charge on any atom is 0.433 e. The Hall–Kier alpha value is -2.38. The Bertz CT molecular complexity index is 728. The van der Waals surface area contributed by atoms with E-state index >= 15 is 0 Å². The van der Waals surface area contributed by atoms with Crippen molar-refractivity contribution in [2.75, 3.05) is 6.61 Å². The zero-order valence-electron chi connectivity index (χ0n) is 11.9. The minimum absolute atomic E-state index is 0.0987. The van der Waals surface area contributed by atoms with Crippen LogP contribution in [0.4, 0.5) is 5.88 Å². The predicted molar refractivity (Wildman–Crippen MR) is 81.4 cm³/mol. The number of ether oxygens (including phenoxy) is 1. The summed E-state index contributed by atoms with van der Waals surface area (Å²) in [5.74, 6) is -1.07. The normalized spacial score (nSPS) is 20.4. The summed E-state index contributed by atoms with van der Waals surface area (Å²) in [5, 5.41) is 14.0. The van der Waals surface area contributed by atoms with Crippen LogP contribution in [0.1, 0.15) is 28.6 Å². The van der Waals surface area contributed by atoms with Gasteiger partial charge in [-0.1, -0.05) is 23.7 Å². The van der Waals surface area contributed by atoms with E-state index in [2.05, 4.69) is 5.32 Å². The van der Waals surface area contributed by atoms with Crippen molar-refractivity contribution in [2.24, 2.45) is 0 Å². The first-order chi connectivity index (χ1) is 11.0. The Kier molecular flexibility index (Phi) is 4.31. The highest BCUT2D eigenvalue weighted by Gasteiger charge is 2.32. The Balaban J connectivity index is 1.71. The van der Waals surface area contributed by atoms with Crippen molar-refractivity contribution in [1.29, 1.82) is 0 Å². The molecule has 2 heterocycles. The maximum absolute atomic E-state index is 12.2. The fourth-order valence-electron chi connectivity index (χ4n) is 2.51. The highest BCUT2D eigenvalue weighted by atomic mass is 35.5. The first kappa shape index (κ1) is 15.5. The predicted octanol–water partition coefficient (Wildman–Crippen LogP) is 3.10. The van der Waals surface area contributed by atoms with E-state index in [4.69, 9.17) is 20.8 Å². The number of benzene rings is 1. The van der Waals surface area contributed by atoms with Crippen molar-refractivity contribution in [2.45, 2.75) is 18.6 Å². The van der Waals surface area contributed by atoms with E-state index in [0.29, 0.717) is 18.1 Å². The SMILES string of the molecule is O=C(NC1CCOC1c1ccc(Cl)cc1)c1ccc([N+](=O)[O-])o1. The number of nitro groups is 1. The quantitative estimate of drug-likeness (QED) is 0.683. The second kappa shape index (κ2) is 6.39. The lowest BCUT2D eigenvalue weighted by Crippen LogP contribution is -2.36. The number of carbonyl (C=O) groups is 1. The van der Waals surface area contributed by atoms with Gasteiger partial charge in [0.05, 0.1) is 12.1 Å². The molecule has 1 aliphatic heterocycles. The van der Waals surface area contributed by atoms with E-state index in [9.17, 15) is 14.9 Å². The number of halogens is 1. The zero-order chi connectivity index (χ0) is 16.4. The molecule has 2 unspecified atom stereocenters. The summed E-state index contributed by atoms with van der Waals surface area (Å²) in [6.07, 6.45) is 0.350. The van der Waals surface area contributed by atoms with Gasteiger partial charge >= 0.3 is 5.88 Å². The van der Waals surface area contributed by atoms with Crippen molar-refractivity contribution in [3.8, 4) is 0 Å². The van der Waals surface area contributed by atoms with Gasteiger partial charge in [-0.15, -0.1) is 0 Å². The Morgan fingerprint density at radius 1 is 1.26 bits per heavy atom.